The lowest BCUT2D eigenvalue weighted by molar-refractivity contribution is 0.282. The van der Waals surface area contributed by atoms with E-state index in [4.69, 9.17) is 14.4 Å². The lowest BCUT2D eigenvalue weighted by Crippen LogP contribution is -2.37. The number of rotatable bonds is 4. The zero-order valence-corrected chi connectivity index (χ0v) is 25.9. The number of furan rings is 1. The Labute approximate surface area is 262 Å². The van der Waals surface area contributed by atoms with Crippen molar-refractivity contribution in [2.45, 2.75) is 33.1 Å². The molecule has 0 unspecified atom stereocenters. The molecule has 0 saturated carbocycles. The van der Waals surface area contributed by atoms with Gasteiger partial charge in [-0.15, -0.1) is 0 Å². The number of fused-ring (bicyclic) bond motifs is 10. The van der Waals surface area contributed by atoms with Crippen LogP contribution >= 0.6 is 0 Å². The van der Waals surface area contributed by atoms with Gasteiger partial charge in [-0.1, -0.05) is 131 Å². The molecule has 0 bridgehead atoms. The fourth-order valence-electron chi connectivity index (χ4n) is 8.43. The molecule has 0 N–H and O–H groups in total. The Hall–Kier alpha value is -5.22. The second kappa shape index (κ2) is 9.39. The van der Waals surface area contributed by atoms with Gasteiger partial charge >= 0.3 is 0 Å². The summed E-state index contributed by atoms with van der Waals surface area (Å²) in [5, 5.41) is 4.50. The molecule has 45 heavy (non-hydrogen) atoms. The van der Waals surface area contributed by atoms with Crippen LogP contribution in [0.25, 0.3) is 72.2 Å². The van der Waals surface area contributed by atoms with Crippen LogP contribution in [0.3, 0.4) is 0 Å². The van der Waals surface area contributed by atoms with Crippen molar-refractivity contribution in [2.75, 3.05) is 0 Å². The molecule has 218 valence electrons. The summed E-state index contributed by atoms with van der Waals surface area (Å²) in [5.41, 5.74) is 9.59. The van der Waals surface area contributed by atoms with Crippen LogP contribution in [0, 0.1) is 11.8 Å². The maximum atomic E-state index is 7.12. The van der Waals surface area contributed by atoms with E-state index in [0.29, 0.717) is 17.8 Å². The first-order valence-corrected chi connectivity index (χ1v) is 15.9. The summed E-state index contributed by atoms with van der Waals surface area (Å²) in [5.74, 6) is 2.39. The van der Waals surface area contributed by atoms with Crippen LogP contribution in [-0.2, 0) is 5.41 Å². The third-order valence-corrected chi connectivity index (χ3v) is 10.2. The van der Waals surface area contributed by atoms with Gasteiger partial charge < -0.3 is 4.42 Å². The molecule has 8 aromatic rings. The van der Waals surface area contributed by atoms with E-state index in [9.17, 15) is 0 Å². The fourth-order valence-corrected chi connectivity index (χ4v) is 8.43. The molecule has 4 heteroatoms. The second-order valence-electron chi connectivity index (χ2n) is 13.0. The Morgan fingerprint density at radius 1 is 0.622 bits per heavy atom. The van der Waals surface area contributed by atoms with E-state index < -0.39 is 0 Å². The van der Waals surface area contributed by atoms with E-state index in [0.717, 1.165) is 55.3 Å². The van der Waals surface area contributed by atoms with Gasteiger partial charge in [-0.3, -0.25) is 4.57 Å². The van der Waals surface area contributed by atoms with Gasteiger partial charge in [0.05, 0.1) is 16.7 Å². The Morgan fingerprint density at radius 2 is 1.29 bits per heavy atom. The highest BCUT2D eigenvalue weighted by molar-refractivity contribution is 6.18. The van der Waals surface area contributed by atoms with E-state index in [1.807, 2.05) is 12.1 Å². The molecular weight excluding hydrogens is 550 g/mol. The van der Waals surface area contributed by atoms with E-state index in [1.54, 1.807) is 0 Å². The van der Waals surface area contributed by atoms with Crippen molar-refractivity contribution in [3.8, 4) is 28.5 Å². The molecule has 5 aromatic carbocycles. The third kappa shape index (κ3) is 3.37. The van der Waals surface area contributed by atoms with Crippen LogP contribution in [0.5, 0.6) is 0 Å². The Bertz CT molecular complexity index is 2440. The lowest BCUT2D eigenvalue weighted by Gasteiger charge is -2.39. The number of aromatic nitrogens is 3. The average molecular weight is 584 g/mol. The standard InChI is InChI=1S/C41H33N3O/c1-24(2)41(25(3)4)32-19-11-8-17-29(32)38-35(41)31-23-22-28-27-16-10-13-21-34(27)44(37(28)39(31)45-38)40-42-33-20-12-9-18-30(33)36(43-40)26-14-6-5-7-15-26/h5-25H,1-4H3. The summed E-state index contributed by atoms with van der Waals surface area (Å²) < 4.78 is 9.35. The molecule has 9 rings (SSSR count). The van der Waals surface area contributed by atoms with E-state index in [2.05, 4.69) is 135 Å². The van der Waals surface area contributed by atoms with Crippen LogP contribution in [0.1, 0.15) is 38.8 Å². The van der Waals surface area contributed by atoms with Crippen molar-refractivity contribution in [2.24, 2.45) is 11.8 Å². The van der Waals surface area contributed by atoms with E-state index in [-0.39, 0.29) is 5.41 Å². The fraction of sp³-hybridized carbons (Fsp3) is 0.171. The van der Waals surface area contributed by atoms with Crippen LogP contribution in [0.15, 0.2) is 120 Å². The zero-order valence-electron chi connectivity index (χ0n) is 25.9. The van der Waals surface area contributed by atoms with Gasteiger partial charge in [-0.2, -0.15) is 0 Å². The number of hydrogen-bond donors (Lipinski definition) is 0. The minimum Gasteiger partial charge on any atom is -0.453 e. The lowest BCUT2D eigenvalue weighted by atomic mass is 9.62. The first-order chi connectivity index (χ1) is 22.0. The number of para-hydroxylation sites is 2. The SMILES string of the molecule is CC(C)C1(C(C)C)c2ccccc2-c2oc3c(ccc4c5ccccc5n(-c5nc(-c6ccccc6)c6ccccc6n5)c43)c21. The number of hydrogen-bond acceptors (Lipinski definition) is 3. The summed E-state index contributed by atoms with van der Waals surface area (Å²) >= 11 is 0. The summed E-state index contributed by atoms with van der Waals surface area (Å²) in [4.78, 5) is 10.5. The van der Waals surface area contributed by atoms with Gasteiger partial charge in [0.1, 0.15) is 11.3 Å². The van der Waals surface area contributed by atoms with Gasteiger partial charge in [-0.25, -0.2) is 9.97 Å². The highest BCUT2D eigenvalue weighted by atomic mass is 16.3. The molecule has 0 atom stereocenters. The topological polar surface area (TPSA) is 43.9 Å². The second-order valence-corrected chi connectivity index (χ2v) is 13.0. The summed E-state index contributed by atoms with van der Waals surface area (Å²) in [6.07, 6.45) is 0. The highest BCUT2D eigenvalue weighted by Crippen LogP contribution is 2.60. The smallest absolute Gasteiger partial charge is 0.235 e. The van der Waals surface area contributed by atoms with Crippen LogP contribution in [0.4, 0.5) is 0 Å². The minimum atomic E-state index is -0.165. The van der Waals surface area contributed by atoms with E-state index >= 15 is 0 Å². The first kappa shape index (κ1) is 26.2. The molecule has 4 nitrogen and oxygen atoms in total. The van der Waals surface area contributed by atoms with Gasteiger partial charge in [0.25, 0.3) is 0 Å². The normalized spacial score (nSPS) is 13.9. The average Bonchev–Trinajstić information content (AvgIpc) is 3.71. The van der Waals surface area contributed by atoms with E-state index in [1.165, 1.54) is 22.1 Å². The third-order valence-electron chi connectivity index (χ3n) is 10.2. The largest absolute Gasteiger partial charge is 0.453 e. The molecule has 0 fully saturated rings. The van der Waals surface area contributed by atoms with Crippen molar-refractivity contribution >= 4 is 43.7 Å². The summed E-state index contributed by atoms with van der Waals surface area (Å²) in [6.45, 7) is 9.42. The van der Waals surface area contributed by atoms with Gasteiger partial charge in [0.2, 0.25) is 5.95 Å². The van der Waals surface area contributed by atoms with Crippen LogP contribution < -0.4 is 0 Å². The molecule has 0 saturated heterocycles. The van der Waals surface area contributed by atoms with Crippen molar-refractivity contribution in [3.05, 3.63) is 126 Å². The molecular formula is C41H33N3O. The van der Waals surface area contributed by atoms with Gasteiger partial charge in [0, 0.05) is 43.7 Å². The molecule has 0 aliphatic heterocycles. The summed E-state index contributed by atoms with van der Waals surface area (Å²) in [6, 6.07) is 40.7. The predicted octanol–water partition coefficient (Wildman–Crippen LogP) is 10.7. The zero-order chi connectivity index (χ0) is 30.4. The number of nitrogens with zero attached hydrogens (tertiary/aromatic N) is 3. The minimum absolute atomic E-state index is 0.165. The molecule has 3 aromatic heterocycles. The molecule has 0 spiro atoms. The Kier molecular flexibility index (Phi) is 5.47. The molecule has 1 aliphatic rings. The number of benzene rings is 5. The first-order valence-electron chi connectivity index (χ1n) is 15.9. The maximum Gasteiger partial charge on any atom is 0.235 e. The van der Waals surface area contributed by atoms with Crippen LogP contribution in [-0.4, -0.2) is 14.5 Å². The monoisotopic (exact) mass is 583 g/mol. The molecule has 3 heterocycles. The highest BCUT2D eigenvalue weighted by Gasteiger charge is 2.51. The van der Waals surface area contributed by atoms with Crippen molar-refractivity contribution < 1.29 is 4.42 Å². The van der Waals surface area contributed by atoms with Crippen LogP contribution in [0.2, 0.25) is 0 Å². The van der Waals surface area contributed by atoms with Gasteiger partial charge in [0.15, 0.2) is 5.58 Å². The molecule has 1 aliphatic carbocycles. The van der Waals surface area contributed by atoms with Crippen molar-refractivity contribution in [1.82, 2.24) is 14.5 Å². The molecule has 0 amide bonds. The van der Waals surface area contributed by atoms with Crippen molar-refractivity contribution in [1.29, 1.82) is 0 Å². The Balaban J connectivity index is 1.44. The molecule has 0 radical (unpaired) electrons. The summed E-state index contributed by atoms with van der Waals surface area (Å²) in [7, 11) is 0. The quantitative estimate of drug-likeness (QED) is 0.207. The maximum absolute atomic E-state index is 7.12. The van der Waals surface area contributed by atoms with Gasteiger partial charge in [-0.05, 0) is 29.5 Å². The van der Waals surface area contributed by atoms with Crippen molar-refractivity contribution in [3.63, 3.8) is 0 Å². The predicted molar refractivity (Wildman–Crippen MR) is 185 cm³/mol. The Morgan fingerprint density at radius 3 is 2.09 bits per heavy atom.